The lowest BCUT2D eigenvalue weighted by atomic mass is 10.0. The van der Waals surface area contributed by atoms with Crippen LogP contribution in [0.15, 0.2) is 78.9 Å². The van der Waals surface area contributed by atoms with Gasteiger partial charge in [0.05, 0.1) is 0 Å². The van der Waals surface area contributed by atoms with E-state index in [1.54, 1.807) is 0 Å². The molecule has 3 aromatic rings. The van der Waals surface area contributed by atoms with Crippen molar-refractivity contribution in [3.8, 4) is 11.1 Å². The van der Waals surface area contributed by atoms with E-state index in [0.29, 0.717) is 0 Å². The second kappa shape index (κ2) is 8.82. The van der Waals surface area contributed by atoms with Crippen molar-refractivity contribution in [3.05, 3.63) is 78.9 Å². The molecule has 2 N–H and O–H groups in total. The van der Waals surface area contributed by atoms with Gasteiger partial charge in [-0.1, -0.05) is 48.5 Å². The van der Waals surface area contributed by atoms with Crippen molar-refractivity contribution in [1.82, 2.24) is 0 Å². The van der Waals surface area contributed by atoms with Gasteiger partial charge in [0.1, 0.15) is 6.04 Å². The molecule has 4 heteroatoms. The topological polar surface area (TPSA) is 44.4 Å². The number of amides is 1. The van der Waals surface area contributed by atoms with Crippen molar-refractivity contribution in [3.63, 3.8) is 0 Å². The van der Waals surface area contributed by atoms with E-state index >= 15 is 0 Å². The van der Waals surface area contributed by atoms with Gasteiger partial charge in [0, 0.05) is 35.7 Å². The lowest BCUT2D eigenvalue weighted by Crippen LogP contribution is -2.32. The van der Waals surface area contributed by atoms with Gasteiger partial charge in [0.25, 0.3) is 0 Å². The first-order valence-electron chi connectivity index (χ1n) is 10.3. The van der Waals surface area contributed by atoms with Gasteiger partial charge in [-0.3, -0.25) is 4.79 Å². The number of nitrogens with one attached hydrogen (secondary N) is 2. The highest BCUT2D eigenvalue weighted by Gasteiger charge is 2.16. The largest absolute Gasteiger partial charge is 0.374 e. The summed E-state index contributed by atoms with van der Waals surface area (Å²) in [6, 6.07) is 26.0. The first-order chi connectivity index (χ1) is 14.2. The lowest BCUT2D eigenvalue weighted by Gasteiger charge is -2.20. The Morgan fingerprint density at radius 2 is 1.52 bits per heavy atom. The molecule has 1 amide bonds. The van der Waals surface area contributed by atoms with Gasteiger partial charge < -0.3 is 15.5 Å². The fourth-order valence-electron chi connectivity index (χ4n) is 3.76. The predicted molar refractivity (Wildman–Crippen MR) is 121 cm³/mol. The Morgan fingerprint density at radius 3 is 2.24 bits per heavy atom. The van der Waals surface area contributed by atoms with Gasteiger partial charge >= 0.3 is 0 Å². The molecule has 0 aliphatic carbocycles. The Bertz CT molecular complexity index is 947. The van der Waals surface area contributed by atoms with Crippen LogP contribution in [0.25, 0.3) is 11.1 Å². The van der Waals surface area contributed by atoms with Crippen molar-refractivity contribution in [2.75, 3.05) is 28.6 Å². The summed E-state index contributed by atoms with van der Waals surface area (Å²) in [5, 5.41) is 6.38. The molecule has 3 aromatic carbocycles. The Balaban J connectivity index is 1.41. The van der Waals surface area contributed by atoms with Crippen LogP contribution >= 0.6 is 0 Å². The van der Waals surface area contributed by atoms with Gasteiger partial charge in [-0.05, 0) is 55.7 Å². The highest BCUT2D eigenvalue weighted by atomic mass is 16.2. The van der Waals surface area contributed by atoms with E-state index < -0.39 is 0 Å². The number of rotatable bonds is 6. The van der Waals surface area contributed by atoms with E-state index in [2.05, 4.69) is 51.9 Å². The van der Waals surface area contributed by atoms with Crippen molar-refractivity contribution in [2.45, 2.75) is 25.8 Å². The Kier molecular flexibility index (Phi) is 5.80. The van der Waals surface area contributed by atoms with Crippen LogP contribution < -0.4 is 15.5 Å². The van der Waals surface area contributed by atoms with Gasteiger partial charge in [-0.2, -0.15) is 0 Å². The summed E-state index contributed by atoms with van der Waals surface area (Å²) in [6.07, 6.45) is 2.53. The molecule has 1 saturated heterocycles. The zero-order chi connectivity index (χ0) is 20.1. The molecule has 0 spiro atoms. The number of carbonyl (C=O) groups excluding carboxylic acids is 1. The molecule has 148 valence electrons. The third-order valence-corrected chi connectivity index (χ3v) is 5.38. The minimum Gasteiger partial charge on any atom is -0.374 e. The van der Waals surface area contributed by atoms with Crippen LogP contribution in [0.3, 0.4) is 0 Å². The standard InChI is InChI=1S/C25H27N3O/c1-19(26-21-13-15-22(16-14-21)28-17-7-8-18-28)25(29)27-24-12-6-5-11-23(24)20-9-3-2-4-10-20/h2-6,9-16,19,26H,7-8,17-18H2,1H3,(H,27,29). The van der Waals surface area contributed by atoms with Crippen molar-refractivity contribution < 1.29 is 4.79 Å². The summed E-state index contributed by atoms with van der Waals surface area (Å²) in [5.74, 6) is -0.0583. The number of carbonyl (C=O) groups is 1. The summed E-state index contributed by atoms with van der Waals surface area (Å²) < 4.78 is 0. The van der Waals surface area contributed by atoms with Crippen molar-refractivity contribution >= 4 is 23.0 Å². The smallest absolute Gasteiger partial charge is 0.246 e. The zero-order valence-electron chi connectivity index (χ0n) is 16.8. The Hall–Kier alpha value is -3.27. The minimum absolute atomic E-state index is 0.0583. The van der Waals surface area contributed by atoms with Crippen LogP contribution in [0.4, 0.5) is 17.1 Å². The van der Waals surface area contributed by atoms with E-state index in [1.807, 2.05) is 49.4 Å². The maximum atomic E-state index is 12.8. The normalized spacial score (nSPS) is 14.4. The molecular weight excluding hydrogens is 358 g/mol. The quantitative estimate of drug-likeness (QED) is 0.598. The second-order valence-electron chi connectivity index (χ2n) is 7.51. The number of hydrogen-bond acceptors (Lipinski definition) is 3. The highest BCUT2D eigenvalue weighted by molar-refractivity contribution is 5.99. The van der Waals surface area contributed by atoms with Gasteiger partial charge in [0.2, 0.25) is 5.91 Å². The molecule has 1 aliphatic rings. The summed E-state index contributed by atoms with van der Waals surface area (Å²) in [7, 11) is 0. The molecule has 4 nitrogen and oxygen atoms in total. The van der Waals surface area contributed by atoms with Crippen LogP contribution in [0.1, 0.15) is 19.8 Å². The van der Waals surface area contributed by atoms with E-state index in [9.17, 15) is 4.79 Å². The SMILES string of the molecule is CC(Nc1ccc(N2CCCC2)cc1)C(=O)Nc1ccccc1-c1ccccc1. The van der Waals surface area contributed by atoms with E-state index in [4.69, 9.17) is 0 Å². The third-order valence-electron chi connectivity index (χ3n) is 5.38. The number of anilines is 3. The minimum atomic E-state index is -0.350. The maximum Gasteiger partial charge on any atom is 0.246 e. The molecule has 1 atom stereocenters. The fraction of sp³-hybridized carbons (Fsp3) is 0.240. The average Bonchev–Trinajstić information content (AvgIpc) is 3.30. The molecule has 1 heterocycles. The first kappa shape index (κ1) is 19.1. The molecule has 1 aliphatic heterocycles. The molecule has 1 fully saturated rings. The second-order valence-corrected chi connectivity index (χ2v) is 7.51. The number of nitrogens with zero attached hydrogens (tertiary/aromatic N) is 1. The van der Waals surface area contributed by atoms with E-state index in [1.165, 1.54) is 18.5 Å². The molecule has 29 heavy (non-hydrogen) atoms. The maximum absolute atomic E-state index is 12.8. The lowest BCUT2D eigenvalue weighted by molar-refractivity contribution is -0.116. The highest BCUT2D eigenvalue weighted by Crippen LogP contribution is 2.28. The van der Waals surface area contributed by atoms with Crippen LogP contribution in [0, 0.1) is 0 Å². The number of benzene rings is 3. The van der Waals surface area contributed by atoms with Gasteiger partial charge in [0.15, 0.2) is 0 Å². The summed E-state index contributed by atoms with van der Waals surface area (Å²) in [4.78, 5) is 15.2. The molecule has 4 rings (SSSR count). The van der Waals surface area contributed by atoms with Gasteiger partial charge in [-0.25, -0.2) is 0 Å². The molecule has 0 aromatic heterocycles. The van der Waals surface area contributed by atoms with Crippen LogP contribution in [0.2, 0.25) is 0 Å². The van der Waals surface area contributed by atoms with Crippen molar-refractivity contribution in [2.24, 2.45) is 0 Å². The van der Waals surface area contributed by atoms with Gasteiger partial charge in [-0.15, -0.1) is 0 Å². The molecule has 0 saturated carbocycles. The summed E-state index contributed by atoms with van der Waals surface area (Å²) in [5.41, 5.74) is 5.13. The summed E-state index contributed by atoms with van der Waals surface area (Å²) >= 11 is 0. The third kappa shape index (κ3) is 4.60. The Morgan fingerprint density at radius 1 is 0.862 bits per heavy atom. The molecule has 0 radical (unpaired) electrons. The predicted octanol–water partition coefficient (Wildman–Crippen LogP) is 5.39. The summed E-state index contributed by atoms with van der Waals surface area (Å²) in [6.45, 7) is 4.15. The monoisotopic (exact) mass is 385 g/mol. The van der Waals surface area contributed by atoms with E-state index in [0.717, 1.165) is 35.6 Å². The molecule has 0 bridgehead atoms. The first-order valence-corrected chi connectivity index (χ1v) is 10.3. The number of para-hydroxylation sites is 1. The van der Waals surface area contributed by atoms with Crippen LogP contribution in [-0.2, 0) is 4.79 Å². The average molecular weight is 386 g/mol. The molecular formula is C25H27N3O. The molecule has 1 unspecified atom stereocenters. The fourth-order valence-corrected chi connectivity index (χ4v) is 3.76. The Labute approximate surface area is 172 Å². The van der Waals surface area contributed by atoms with Crippen molar-refractivity contribution in [1.29, 1.82) is 0 Å². The van der Waals surface area contributed by atoms with E-state index in [-0.39, 0.29) is 11.9 Å². The van der Waals surface area contributed by atoms with Crippen LogP contribution in [-0.4, -0.2) is 25.0 Å². The number of hydrogen-bond donors (Lipinski definition) is 2. The van der Waals surface area contributed by atoms with Crippen LogP contribution in [0.5, 0.6) is 0 Å². The zero-order valence-corrected chi connectivity index (χ0v) is 16.8.